The van der Waals surface area contributed by atoms with Gasteiger partial charge in [0.05, 0.1) is 6.54 Å². The van der Waals surface area contributed by atoms with E-state index < -0.39 is 0 Å². The van der Waals surface area contributed by atoms with E-state index in [1.807, 2.05) is 0 Å². The third-order valence-corrected chi connectivity index (χ3v) is 4.12. The van der Waals surface area contributed by atoms with Gasteiger partial charge in [0.1, 0.15) is 0 Å². The zero-order valence-corrected chi connectivity index (χ0v) is 16.6. The Morgan fingerprint density at radius 1 is 1.29 bits per heavy atom. The lowest BCUT2D eigenvalue weighted by Gasteiger charge is -2.27. The zero-order chi connectivity index (χ0) is 18.3. The maximum atomic E-state index is 12.6. The van der Waals surface area contributed by atoms with Gasteiger partial charge in [-0.05, 0) is 23.7 Å². The summed E-state index contributed by atoms with van der Waals surface area (Å²) in [6.45, 7) is 13.4. The lowest BCUT2D eigenvalue weighted by Crippen LogP contribution is -2.40. The molecule has 5 nitrogen and oxygen atoms in total. The molecule has 0 radical (unpaired) electrons. The lowest BCUT2D eigenvalue weighted by molar-refractivity contribution is -0.136. The van der Waals surface area contributed by atoms with Crippen molar-refractivity contribution in [1.29, 1.82) is 0 Å². The number of amides is 2. The number of aromatic nitrogens is 1. The van der Waals surface area contributed by atoms with Crippen LogP contribution in [0.25, 0.3) is 0 Å². The fourth-order valence-electron chi connectivity index (χ4n) is 2.86. The molecule has 0 saturated heterocycles. The molecule has 1 aromatic heterocycles. The molecule has 0 aliphatic carbocycles. The normalized spacial score (nSPS) is 13.0. The number of thiazole rings is 1. The molecular formula is C18H31N3O2S. The van der Waals surface area contributed by atoms with E-state index in [2.05, 4.69) is 51.8 Å². The fraction of sp³-hybridized carbons (Fsp3) is 0.722. The molecule has 1 aromatic rings. The summed E-state index contributed by atoms with van der Waals surface area (Å²) in [4.78, 5) is 30.5. The highest BCUT2D eigenvalue weighted by Crippen LogP contribution is 2.26. The molecule has 2 amide bonds. The minimum atomic E-state index is -0.192. The Kier molecular flexibility index (Phi) is 7.87. The number of nitrogens with zero attached hydrogens (tertiary/aromatic N) is 2. The summed E-state index contributed by atoms with van der Waals surface area (Å²) in [7, 11) is 0. The van der Waals surface area contributed by atoms with Gasteiger partial charge in [-0.2, -0.15) is 0 Å². The maximum Gasteiger partial charge on any atom is 0.245 e. The summed E-state index contributed by atoms with van der Waals surface area (Å²) in [6.07, 6.45) is 3.11. The SMILES string of the molecule is CC(C)CN(CC(=O)Nc1nccs1)C(=O)C[C@H](C)CC(C)(C)C. The van der Waals surface area contributed by atoms with E-state index in [1.54, 1.807) is 16.5 Å². The first-order valence-corrected chi connectivity index (χ1v) is 9.42. The first-order valence-electron chi connectivity index (χ1n) is 8.54. The van der Waals surface area contributed by atoms with Crippen molar-refractivity contribution in [3.63, 3.8) is 0 Å². The molecule has 0 unspecified atom stereocenters. The van der Waals surface area contributed by atoms with Crippen LogP contribution in [-0.4, -0.2) is 34.8 Å². The van der Waals surface area contributed by atoms with Gasteiger partial charge in [0.25, 0.3) is 0 Å². The van der Waals surface area contributed by atoms with E-state index in [9.17, 15) is 9.59 Å². The molecular weight excluding hydrogens is 322 g/mol. The second-order valence-electron chi connectivity index (χ2n) is 8.13. The minimum Gasteiger partial charge on any atom is -0.333 e. The smallest absolute Gasteiger partial charge is 0.245 e. The molecule has 0 aromatic carbocycles. The van der Waals surface area contributed by atoms with Crippen molar-refractivity contribution in [1.82, 2.24) is 9.88 Å². The summed E-state index contributed by atoms with van der Waals surface area (Å²) in [5, 5.41) is 5.12. The van der Waals surface area contributed by atoms with Crippen molar-refractivity contribution in [2.75, 3.05) is 18.4 Å². The van der Waals surface area contributed by atoms with E-state index in [0.717, 1.165) is 6.42 Å². The summed E-state index contributed by atoms with van der Waals surface area (Å²) < 4.78 is 0. The molecule has 1 rings (SSSR count). The van der Waals surface area contributed by atoms with Crippen LogP contribution >= 0.6 is 11.3 Å². The topological polar surface area (TPSA) is 62.3 Å². The monoisotopic (exact) mass is 353 g/mol. The van der Waals surface area contributed by atoms with Crippen molar-refractivity contribution in [3.8, 4) is 0 Å². The van der Waals surface area contributed by atoms with Gasteiger partial charge in [-0.15, -0.1) is 11.3 Å². The van der Waals surface area contributed by atoms with Gasteiger partial charge in [-0.1, -0.05) is 41.5 Å². The lowest BCUT2D eigenvalue weighted by atomic mass is 9.84. The predicted molar refractivity (Wildman–Crippen MR) is 100 cm³/mol. The number of hydrogen-bond donors (Lipinski definition) is 1. The number of anilines is 1. The quantitative estimate of drug-likeness (QED) is 0.767. The third-order valence-electron chi connectivity index (χ3n) is 3.44. The molecule has 1 atom stereocenters. The van der Waals surface area contributed by atoms with Gasteiger partial charge in [-0.3, -0.25) is 9.59 Å². The Balaban J connectivity index is 2.62. The first kappa shape index (κ1) is 20.6. The van der Waals surface area contributed by atoms with Gasteiger partial charge in [0.15, 0.2) is 5.13 Å². The second kappa shape index (κ2) is 9.16. The van der Waals surface area contributed by atoms with Gasteiger partial charge < -0.3 is 10.2 Å². The molecule has 0 aliphatic rings. The molecule has 24 heavy (non-hydrogen) atoms. The van der Waals surface area contributed by atoms with Crippen molar-refractivity contribution in [3.05, 3.63) is 11.6 Å². The van der Waals surface area contributed by atoms with E-state index in [4.69, 9.17) is 0 Å². The van der Waals surface area contributed by atoms with E-state index in [-0.39, 0.29) is 23.8 Å². The predicted octanol–water partition coefficient (Wildman–Crippen LogP) is 4.03. The van der Waals surface area contributed by atoms with Crippen LogP contribution in [0.5, 0.6) is 0 Å². The van der Waals surface area contributed by atoms with Gasteiger partial charge in [0.2, 0.25) is 11.8 Å². The van der Waals surface area contributed by atoms with Gasteiger partial charge in [-0.25, -0.2) is 4.98 Å². The van der Waals surface area contributed by atoms with Crippen molar-refractivity contribution in [2.45, 2.75) is 54.4 Å². The highest BCUT2D eigenvalue weighted by Gasteiger charge is 2.23. The third kappa shape index (κ3) is 8.43. The van der Waals surface area contributed by atoms with Crippen molar-refractivity contribution < 1.29 is 9.59 Å². The summed E-state index contributed by atoms with van der Waals surface area (Å²) in [6, 6.07) is 0. The molecule has 0 aliphatic heterocycles. The second-order valence-corrected chi connectivity index (χ2v) is 9.02. The van der Waals surface area contributed by atoms with Gasteiger partial charge in [0, 0.05) is 24.5 Å². The molecule has 0 saturated carbocycles. The molecule has 0 spiro atoms. The molecule has 6 heteroatoms. The minimum absolute atomic E-state index is 0.0507. The number of hydrogen-bond acceptors (Lipinski definition) is 4. The van der Waals surface area contributed by atoms with E-state index in [0.29, 0.717) is 29.9 Å². The van der Waals surface area contributed by atoms with Crippen LogP contribution in [0, 0.1) is 17.3 Å². The van der Waals surface area contributed by atoms with Crippen LogP contribution in [-0.2, 0) is 9.59 Å². The van der Waals surface area contributed by atoms with Gasteiger partial charge >= 0.3 is 0 Å². The standard InChI is InChI=1S/C18H31N3O2S/c1-13(2)11-21(12-15(22)20-17-19-7-8-24-17)16(23)9-14(3)10-18(4,5)6/h7-8,13-14H,9-12H2,1-6H3,(H,19,20,22)/t14-/m0/s1. The molecule has 0 bridgehead atoms. The zero-order valence-electron chi connectivity index (χ0n) is 15.8. The number of rotatable bonds is 8. The Morgan fingerprint density at radius 3 is 2.46 bits per heavy atom. The van der Waals surface area contributed by atoms with Crippen LogP contribution in [0.15, 0.2) is 11.6 Å². The largest absolute Gasteiger partial charge is 0.333 e. The van der Waals surface area contributed by atoms with Crippen LogP contribution < -0.4 is 5.32 Å². The van der Waals surface area contributed by atoms with E-state index in [1.165, 1.54) is 11.3 Å². The van der Waals surface area contributed by atoms with Crippen molar-refractivity contribution >= 4 is 28.3 Å². The molecule has 1 N–H and O–H groups in total. The summed E-state index contributed by atoms with van der Waals surface area (Å²) >= 11 is 1.37. The fourth-order valence-corrected chi connectivity index (χ4v) is 3.40. The van der Waals surface area contributed by atoms with Crippen molar-refractivity contribution in [2.24, 2.45) is 17.3 Å². The molecule has 136 valence electrons. The average Bonchev–Trinajstić information content (AvgIpc) is 2.87. The van der Waals surface area contributed by atoms with Crippen LogP contribution in [0.3, 0.4) is 0 Å². The Morgan fingerprint density at radius 2 is 1.96 bits per heavy atom. The number of nitrogens with one attached hydrogen (secondary N) is 1. The molecule has 1 heterocycles. The Bertz CT molecular complexity index is 521. The van der Waals surface area contributed by atoms with E-state index >= 15 is 0 Å². The Hall–Kier alpha value is -1.43. The van der Waals surface area contributed by atoms with Crippen LogP contribution in [0.2, 0.25) is 0 Å². The maximum absolute atomic E-state index is 12.6. The Labute approximate surface area is 149 Å². The average molecular weight is 354 g/mol. The van der Waals surface area contributed by atoms with Crippen LogP contribution in [0.4, 0.5) is 5.13 Å². The number of carbonyl (C=O) groups is 2. The van der Waals surface area contributed by atoms with Crippen LogP contribution in [0.1, 0.15) is 54.4 Å². The summed E-state index contributed by atoms with van der Waals surface area (Å²) in [5.74, 6) is 0.478. The highest BCUT2D eigenvalue weighted by molar-refractivity contribution is 7.13. The summed E-state index contributed by atoms with van der Waals surface area (Å²) in [5.41, 5.74) is 0.199. The molecule has 0 fully saturated rings. The first-order chi connectivity index (χ1) is 11.1. The number of carbonyl (C=O) groups excluding carboxylic acids is 2. The highest BCUT2D eigenvalue weighted by atomic mass is 32.1.